The predicted molar refractivity (Wildman–Crippen MR) is 116 cm³/mol. The molecule has 0 bridgehead atoms. The van der Waals surface area contributed by atoms with E-state index in [1.807, 2.05) is 31.2 Å². The highest BCUT2D eigenvalue weighted by molar-refractivity contribution is 9.10. The lowest BCUT2D eigenvalue weighted by atomic mass is 10.1. The number of rotatable bonds is 5. The van der Waals surface area contributed by atoms with Crippen LogP contribution < -0.4 is 15.6 Å². The fourth-order valence-corrected chi connectivity index (χ4v) is 3.44. The number of fused-ring (bicyclic) bond motifs is 1. The van der Waals surface area contributed by atoms with E-state index in [0.717, 1.165) is 10.1 Å². The van der Waals surface area contributed by atoms with Crippen molar-refractivity contribution in [2.45, 2.75) is 20.5 Å². The van der Waals surface area contributed by atoms with Crippen LogP contribution in [0.25, 0.3) is 5.65 Å². The molecule has 0 atom stereocenters. The molecule has 0 unspecified atom stereocenters. The van der Waals surface area contributed by atoms with Crippen LogP contribution in [0.2, 0.25) is 0 Å². The van der Waals surface area contributed by atoms with Gasteiger partial charge >= 0.3 is 0 Å². The van der Waals surface area contributed by atoms with Crippen molar-refractivity contribution in [3.8, 4) is 5.75 Å². The van der Waals surface area contributed by atoms with Crippen molar-refractivity contribution < 1.29 is 14.1 Å². The number of aromatic nitrogens is 2. The first-order valence-electron chi connectivity index (χ1n) is 9.19. The van der Waals surface area contributed by atoms with Crippen molar-refractivity contribution in [3.63, 3.8) is 0 Å². The molecule has 1 N–H and O–H groups in total. The summed E-state index contributed by atoms with van der Waals surface area (Å²) in [5.74, 6) is 0.958. The van der Waals surface area contributed by atoms with Gasteiger partial charge in [0.05, 0.1) is 11.3 Å². The molecule has 0 saturated heterocycles. The van der Waals surface area contributed by atoms with Gasteiger partial charge in [-0.15, -0.1) is 4.57 Å². The van der Waals surface area contributed by atoms with Gasteiger partial charge in [-0.3, -0.25) is 9.59 Å². The van der Waals surface area contributed by atoms with Gasteiger partial charge in [0.25, 0.3) is 11.5 Å². The van der Waals surface area contributed by atoms with Crippen LogP contribution in [0.1, 0.15) is 27.4 Å². The maximum absolute atomic E-state index is 12.5. The Morgan fingerprint density at radius 3 is 2.77 bits per heavy atom. The Labute approximate surface area is 180 Å². The monoisotopic (exact) mass is 467 g/mol. The number of hydrogen-bond acceptors (Lipinski definition) is 5. The van der Waals surface area contributed by atoms with E-state index in [9.17, 15) is 9.59 Å². The number of anilines is 1. The molecule has 0 radical (unpaired) electrons. The molecule has 4 aromatic rings. The smallest absolute Gasteiger partial charge is 0.287 e. The lowest BCUT2D eigenvalue weighted by molar-refractivity contribution is 0.102. The molecule has 2 aromatic heterocycles. The Kier molecular flexibility index (Phi) is 5.41. The summed E-state index contributed by atoms with van der Waals surface area (Å²) in [5, 5.41) is 2.87. The molecule has 0 saturated carbocycles. The molecule has 1 amide bonds. The average Bonchev–Trinajstić information content (AvgIpc) is 3.09. The van der Waals surface area contributed by atoms with E-state index in [2.05, 4.69) is 26.2 Å². The zero-order valence-corrected chi connectivity index (χ0v) is 17.9. The standard InChI is InChI=1S/C22H18BrN3O4/c1-13-7-8-15(25-22(28)17-5-3-4-6-18(17)23)10-19(13)29-12-16-11-21(27)26-20(24-16)9-14(2)30-26/h3-11H,12H2,1-2H3,(H,25,28). The van der Waals surface area contributed by atoms with E-state index in [1.54, 1.807) is 31.2 Å². The summed E-state index contributed by atoms with van der Waals surface area (Å²) in [6, 6.07) is 15.7. The summed E-state index contributed by atoms with van der Waals surface area (Å²) in [5.41, 5.74) is 2.65. The highest BCUT2D eigenvalue weighted by Gasteiger charge is 2.12. The molecule has 30 heavy (non-hydrogen) atoms. The van der Waals surface area contributed by atoms with Gasteiger partial charge < -0.3 is 14.6 Å². The van der Waals surface area contributed by atoms with Gasteiger partial charge in [-0.1, -0.05) is 18.2 Å². The Hall–Kier alpha value is -3.39. The number of carbonyl (C=O) groups is 1. The summed E-state index contributed by atoms with van der Waals surface area (Å²) >= 11 is 3.39. The number of aryl methyl sites for hydroxylation is 2. The molecular formula is C22H18BrN3O4. The summed E-state index contributed by atoms with van der Waals surface area (Å²) in [7, 11) is 0. The lowest BCUT2D eigenvalue weighted by Gasteiger charge is -2.12. The summed E-state index contributed by atoms with van der Waals surface area (Å²) in [6.45, 7) is 3.76. The number of ether oxygens (including phenoxy) is 1. The van der Waals surface area contributed by atoms with Crippen LogP contribution in [0.15, 0.2) is 68.4 Å². The van der Waals surface area contributed by atoms with Gasteiger partial charge in [0.15, 0.2) is 5.65 Å². The van der Waals surface area contributed by atoms with Crippen molar-refractivity contribution >= 4 is 33.2 Å². The minimum atomic E-state index is -0.308. The van der Waals surface area contributed by atoms with E-state index in [4.69, 9.17) is 9.26 Å². The topological polar surface area (TPSA) is 85.8 Å². The molecule has 0 fully saturated rings. The second-order valence-electron chi connectivity index (χ2n) is 6.79. The van der Waals surface area contributed by atoms with E-state index in [1.165, 1.54) is 6.07 Å². The fourth-order valence-electron chi connectivity index (χ4n) is 2.98. The molecule has 7 nitrogen and oxygen atoms in total. The summed E-state index contributed by atoms with van der Waals surface area (Å²) in [4.78, 5) is 29.1. The first-order valence-corrected chi connectivity index (χ1v) is 9.99. The zero-order valence-electron chi connectivity index (χ0n) is 16.3. The van der Waals surface area contributed by atoms with Gasteiger partial charge in [0.1, 0.15) is 18.1 Å². The molecule has 0 aliphatic carbocycles. The van der Waals surface area contributed by atoms with Crippen molar-refractivity contribution in [2.75, 3.05) is 5.32 Å². The SMILES string of the molecule is Cc1cc2nc(COc3cc(NC(=O)c4ccccc4Br)ccc3C)cc(=O)n2o1. The Morgan fingerprint density at radius 2 is 1.97 bits per heavy atom. The third kappa shape index (κ3) is 4.13. The molecular weight excluding hydrogens is 450 g/mol. The Bertz CT molecular complexity index is 1310. The third-order valence-corrected chi connectivity index (χ3v) is 5.16. The summed E-state index contributed by atoms with van der Waals surface area (Å²) < 4.78 is 13.0. The quantitative estimate of drug-likeness (QED) is 0.466. The Balaban J connectivity index is 1.52. The molecule has 2 aromatic carbocycles. The van der Waals surface area contributed by atoms with Crippen LogP contribution in [-0.4, -0.2) is 15.5 Å². The third-order valence-electron chi connectivity index (χ3n) is 4.46. The maximum atomic E-state index is 12.5. The van der Waals surface area contributed by atoms with E-state index < -0.39 is 0 Å². The van der Waals surface area contributed by atoms with Gasteiger partial charge in [0, 0.05) is 28.4 Å². The molecule has 2 heterocycles. The number of amides is 1. The second kappa shape index (κ2) is 8.16. The molecule has 0 spiro atoms. The zero-order chi connectivity index (χ0) is 21.3. The van der Waals surface area contributed by atoms with Crippen LogP contribution in [-0.2, 0) is 6.61 Å². The minimum Gasteiger partial charge on any atom is -0.487 e. The van der Waals surface area contributed by atoms with Gasteiger partial charge in [-0.05, 0) is 53.5 Å². The number of nitrogens with zero attached hydrogens (tertiary/aromatic N) is 2. The number of nitrogens with one attached hydrogen (secondary N) is 1. The van der Waals surface area contributed by atoms with E-state index >= 15 is 0 Å². The number of halogens is 1. The molecule has 4 rings (SSSR count). The highest BCUT2D eigenvalue weighted by atomic mass is 79.9. The normalized spacial score (nSPS) is 10.9. The lowest BCUT2D eigenvalue weighted by Crippen LogP contribution is -2.14. The molecule has 152 valence electrons. The highest BCUT2D eigenvalue weighted by Crippen LogP contribution is 2.25. The average molecular weight is 468 g/mol. The van der Waals surface area contributed by atoms with Crippen molar-refractivity contribution in [3.05, 3.63) is 92.0 Å². The van der Waals surface area contributed by atoms with Crippen LogP contribution in [0.5, 0.6) is 5.75 Å². The Morgan fingerprint density at radius 1 is 1.17 bits per heavy atom. The number of hydrogen-bond donors (Lipinski definition) is 1. The van der Waals surface area contributed by atoms with Crippen molar-refractivity contribution in [1.29, 1.82) is 0 Å². The fraction of sp³-hybridized carbons (Fsp3) is 0.136. The maximum Gasteiger partial charge on any atom is 0.287 e. The van der Waals surface area contributed by atoms with Gasteiger partial charge in [-0.25, -0.2) is 4.98 Å². The number of benzene rings is 2. The van der Waals surface area contributed by atoms with Gasteiger partial charge in [0.2, 0.25) is 0 Å². The predicted octanol–water partition coefficient (Wildman–Crippen LogP) is 4.50. The largest absolute Gasteiger partial charge is 0.487 e. The van der Waals surface area contributed by atoms with E-state index in [0.29, 0.717) is 38.6 Å². The van der Waals surface area contributed by atoms with Crippen LogP contribution >= 0.6 is 15.9 Å². The first-order chi connectivity index (χ1) is 14.4. The van der Waals surface area contributed by atoms with E-state index in [-0.39, 0.29) is 18.1 Å². The molecule has 0 aliphatic rings. The van der Waals surface area contributed by atoms with Gasteiger partial charge in [-0.2, -0.15) is 0 Å². The first kappa shape index (κ1) is 19.9. The minimum absolute atomic E-state index is 0.110. The molecule has 8 heteroatoms. The second-order valence-corrected chi connectivity index (χ2v) is 7.64. The van der Waals surface area contributed by atoms with Crippen molar-refractivity contribution in [1.82, 2.24) is 9.56 Å². The number of carbonyl (C=O) groups excluding carboxylic acids is 1. The van der Waals surface area contributed by atoms with Crippen LogP contribution in [0.4, 0.5) is 5.69 Å². The van der Waals surface area contributed by atoms with Crippen molar-refractivity contribution in [2.24, 2.45) is 0 Å². The summed E-state index contributed by atoms with van der Waals surface area (Å²) in [6.07, 6.45) is 0. The van der Waals surface area contributed by atoms with Crippen LogP contribution in [0, 0.1) is 13.8 Å². The van der Waals surface area contributed by atoms with Crippen LogP contribution in [0.3, 0.4) is 0 Å². The molecule has 0 aliphatic heterocycles.